The topological polar surface area (TPSA) is 29.1 Å². The van der Waals surface area contributed by atoms with E-state index in [1.807, 2.05) is 32.0 Å². The summed E-state index contributed by atoms with van der Waals surface area (Å²) in [6.45, 7) is 8.28. The van der Waals surface area contributed by atoms with E-state index in [1.54, 1.807) is 11.8 Å². The van der Waals surface area contributed by atoms with E-state index in [4.69, 9.17) is 0 Å². The Balaban J connectivity index is 2.72. The van der Waals surface area contributed by atoms with Crippen molar-refractivity contribution in [2.24, 2.45) is 0 Å². The van der Waals surface area contributed by atoms with Crippen molar-refractivity contribution in [3.05, 3.63) is 29.8 Å². The van der Waals surface area contributed by atoms with Crippen molar-refractivity contribution in [3.63, 3.8) is 0 Å². The fraction of sp³-hybridized carbons (Fsp3) is 0.500. The molecule has 1 N–H and O–H groups in total. The number of hydrogen-bond donors (Lipinski definition) is 1. The van der Waals surface area contributed by atoms with Gasteiger partial charge in [0.1, 0.15) is 0 Å². The van der Waals surface area contributed by atoms with Gasteiger partial charge in [-0.1, -0.05) is 32.0 Å². The molecule has 2 nitrogen and oxygen atoms in total. The van der Waals surface area contributed by atoms with Gasteiger partial charge in [0.05, 0.1) is 6.42 Å². The van der Waals surface area contributed by atoms with E-state index in [0.717, 1.165) is 5.56 Å². The van der Waals surface area contributed by atoms with Crippen LogP contribution >= 0.6 is 11.8 Å². The second-order valence-electron chi connectivity index (χ2n) is 4.67. The number of nitrogens with one attached hydrogen (secondary N) is 1. The largest absolute Gasteiger partial charge is 0.354 e. The zero-order valence-corrected chi connectivity index (χ0v) is 11.8. The fourth-order valence-corrected chi connectivity index (χ4v) is 2.52. The zero-order chi connectivity index (χ0) is 12.8. The fourth-order valence-electron chi connectivity index (χ4n) is 1.56. The summed E-state index contributed by atoms with van der Waals surface area (Å²) in [7, 11) is 0. The number of hydrogen-bond acceptors (Lipinski definition) is 2. The summed E-state index contributed by atoms with van der Waals surface area (Å²) >= 11 is 1.81. The van der Waals surface area contributed by atoms with E-state index < -0.39 is 0 Å². The van der Waals surface area contributed by atoms with Gasteiger partial charge in [-0.15, -0.1) is 11.8 Å². The lowest BCUT2D eigenvalue weighted by Gasteiger charge is -2.12. The van der Waals surface area contributed by atoms with Crippen molar-refractivity contribution in [2.75, 3.05) is 0 Å². The summed E-state index contributed by atoms with van der Waals surface area (Å²) in [6, 6.07) is 8.33. The highest BCUT2D eigenvalue weighted by atomic mass is 32.2. The molecule has 0 heterocycles. The van der Waals surface area contributed by atoms with Gasteiger partial charge in [-0.3, -0.25) is 4.79 Å². The molecule has 0 aliphatic rings. The minimum Gasteiger partial charge on any atom is -0.354 e. The Hall–Kier alpha value is -0.960. The van der Waals surface area contributed by atoms with Gasteiger partial charge in [-0.25, -0.2) is 0 Å². The van der Waals surface area contributed by atoms with Crippen molar-refractivity contribution >= 4 is 17.7 Å². The van der Waals surface area contributed by atoms with E-state index in [2.05, 4.69) is 25.2 Å². The van der Waals surface area contributed by atoms with Crippen LogP contribution in [0, 0.1) is 0 Å². The average molecular weight is 251 g/mol. The van der Waals surface area contributed by atoms with Crippen LogP contribution in [0.1, 0.15) is 33.3 Å². The van der Waals surface area contributed by atoms with Crippen molar-refractivity contribution in [3.8, 4) is 0 Å². The molecule has 0 unspecified atom stereocenters. The van der Waals surface area contributed by atoms with Gasteiger partial charge in [0.15, 0.2) is 0 Å². The van der Waals surface area contributed by atoms with Crippen LogP contribution in [0.15, 0.2) is 29.2 Å². The third-order valence-electron chi connectivity index (χ3n) is 2.14. The monoisotopic (exact) mass is 251 g/mol. The molecule has 0 fully saturated rings. The smallest absolute Gasteiger partial charge is 0.224 e. The molecule has 3 heteroatoms. The first-order valence-electron chi connectivity index (χ1n) is 6.03. The van der Waals surface area contributed by atoms with Crippen LogP contribution in [0.3, 0.4) is 0 Å². The Morgan fingerprint density at radius 2 is 1.88 bits per heavy atom. The standard InChI is InChI=1S/C14H21NOS/c1-10(2)15-14(16)9-12-7-5-6-8-13(12)17-11(3)4/h5-8,10-11H,9H2,1-4H3,(H,15,16). The summed E-state index contributed by atoms with van der Waals surface area (Å²) in [4.78, 5) is 13.0. The second-order valence-corrected chi connectivity index (χ2v) is 6.29. The van der Waals surface area contributed by atoms with Crippen molar-refractivity contribution in [1.29, 1.82) is 0 Å². The Morgan fingerprint density at radius 3 is 2.47 bits per heavy atom. The summed E-state index contributed by atoms with van der Waals surface area (Å²) in [5, 5.41) is 3.46. The number of amides is 1. The summed E-state index contributed by atoms with van der Waals surface area (Å²) in [5.41, 5.74) is 1.12. The molecule has 1 aromatic rings. The van der Waals surface area contributed by atoms with Crippen LogP contribution in [0.5, 0.6) is 0 Å². The Morgan fingerprint density at radius 1 is 1.24 bits per heavy atom. The number of carbonyl (C=O) groups is 1. The first kappa shape index (κ1) is 14.1. The molecule has 0 aliphatic carbocycles. The minimum absolute atomic E-state index is 0.0943. The third kappa shape index (κ3) is 5.26. The van der Waals surface area contributed by atoms with Crippen molar-refractivity contribution < 1.29 is 4.79 Å². The molecular weight excluding hydrogens is 230 g/mol. The lowest BCUT2D eigenvalue weighted by atomic mass is 10.1. The number of carbonyl (C=O) groups excluding carboxylic acids is 1. The van der Waals surface area contributed by atoms with E-state index in [9.17, 15) is 4.79 Å². The molecule has 0 radical (unpaired) electrons. The van der Waals surface area contributed by atoms with Gasteiger partial charge in [0.25, 0.3) is 0 Å². The molecule has 0 saturated carbocycles. The van der Waals surface area contributed by atoms with Crippen molar-refractivity contribution in [1.82, 2.24) is 5.32 Å². The number of thioether (sulfide) groups is 1. The molecule has 1 rings (SSSR count). The predicted molar refractivity (Wildman–Crippen MR) is 74.4 cm³/mol. The van der Waals surface area contributed by atoms with Gasteiger partial charge < -0.3 is 5.32 Å². The summed E-state index contributed by atoms with van der Waals surface area (Å²) < 4.78 is 0. The Labute approximate surface area is 108 Å². The SMILES string of the molecule is CC(C)NC(=O)Cc1ccccc1SC(C)C. The molecule has 1 aromatic carbocycles. The maximum atomic E-state index is 11.7. The molecule has 0 atom stereocenters. The second kappa shape index (κ2) is 6.70. The van der Waals surface area contributed by atoms with E-state index in [0.29, 0.717) is 11.7 Å². The van der Waals surface area contributed by atoms with Crippen molar-refractivity contribution in [2.45, 2.75) is 50.3 Å². The van der Waals surface area contributed by atoms with Crippen LogP contribution < -0.4 is 5.32 Å². The predicted octanol–water partition coefficient (Wildman–Crippen LogP) is 3.25. The third-order valence-corrected chi connectivity index (χ3v) is 3.26. The van der Waals surface area contributed by atoms with E-state index >= 15 is 0 Å². The normalized spacial score (nSPS) is 10.9. The molecule has 0 aromatic heterocycles. The molecule has 0 saturated heterocycles. The Kier molecular flexibility index (Phi) is 5.56. The molecule has 1 amide bonds. The van der Waals surface area contributed by atoms with Gasteiger partial charge in [0.2, 0.25) is 5.91 Å². The molecule has 94 valence electrons. The molecule has 17 heavy (non-hydrogen) atoms. The highest BCUT2D eigenvalue weighted by molar-refractivity contribution is 8.00. The van der Waals surface area contributed by atoms with Gasteiger partial charge in [0, 0.05) is 16.2 Å². The molecule has 0 spiro atoms. The maximum Gasteiger partial charge on any atom is 0.224 e. The first-order chi connectivity index (χ1) is 7.99. The van der Waals surface area contributed by atoms with Crippen LogP contribution in [0.2, 0.25) is 0 Å². The first-order valence-corrected chi connectivity index (χ1v) is 6.91. The maximum absolute atomic E-state index is 11.7. The zero-order valence-electron chi connectivity index (χ0n) is 11.0. The van der Waals surface area contributed by atoms with Gasteiger partial charge in [-0.05, 0) is 25.5 Å². The lowest BCUT2D eigenvalue weighted by Crippen LogP contribution is -2.31. The average Bonchev–Trinajstić information content (AvgIpc) is 2.18. The summed E-state index contributed by atoms with van der Waals surface area (Å²) in [6.07, 6.45) is 0.466. The van der Waals surface area contributed by atoms with Crippen LogP contribution in [0.25, 0.3) is 0 Å². The van der Waals surface area contributed by atoms with Crippen LogP contribution in [0.4, 0.5) is 0 Å². The van der Waals surface area contributed by atoms with Crippen LogP contribution in [-0.2, 0) is 11.2 Å². The van der Waals surface area contributed by atoms with E-state index in [1.165, 1.54) is 4.90 Å². The van der Waals surface area contributed by atoms with Gasteiger partial charge in [-0.2, -0.15) is 0 Å². The highest BCUT2D eigenvalue weighted by Gasteiger charge is 2.09. The van der Waals surface area contributed by atoms with E-state index in [-0.39, 0.29) is 11.9 Å². The molecule has 0 bridgehead atoms. The molecule has 0 aliphatic heterocycles. The number of rotatable bonds is 5. The van der Waals surface area contributed by atoms with Crippen LogP contribution in [-0.4, -0.2) is 17.2 Å². The Bertz CT molecular complexity index is 374. The lowest BCUT2D eigenvalue weighted by molar-refractivity contribution is -0.120. The van der Waals surface area contributed by atoms with Gasteiger partial charge >= 0.3 is 0 Å². The quantitative estimate of drug-likeness (QED) is 0.814. The minimum atomic E-state index is 0.0943. The summed E-state index contributed by atoms with van der Waals surface area (Å²) in [5.74, 6) is 0.0943. The number of benzene rings is 1. The highest BCUT2D eigenvalue weighted by Crippen LogP contribution is 2.26. The molecular formula is C14H21NOS.